The molecule has 0 saturated heterocycles. The quantitative estimate of drug-likeness (QED) is 0.751. The highest BCUT2D eigenvalue weighted by Gasteiger charge is 2.07. The molecule has 1 aromatic rings. The molecule has 16 heavy (non-hydrogen) atoms. The lowest BCUT2D eigenvalue weighted by atomic mass is 10.00. The summed E-state index contributed by atoms with van der Waals surface area (Å²) in [6.07, 6.45) is 0. The predicted molar refractivity (Wildman–Crippen MR) is 64.3 cm³/mol. The summed E-state index contributed by atoms with van der Waals surface area (Å²) in [5, 5.41) is 3.27. The Bertz CT molecular complexity index is 328. The van der Waals surface area contributed by atoms with Gasteiger partial charge in [-0.15, -0.1) is 0 Å². The second-order valence-corrected chi connectivity index (χ2v) is 4.11. The van der Waals surface area contributed by atoms with E-state index in [0.29, 0.717) is 18.1 Å². The number of ether oxygens (including phenoxy) is 1. The molecule has 90 valence electrons. The zero-order chi connectivity index (χ0) is 12.0. The average Bonchev–Trinajstić information content (AvgIpc) is 2.28. The van der Waals surface area contributed by atoms with Gasteiger partial charge in [0.25, 0.3) is 0 Å². The number of hydrogen-bond donors (Lipinski definition) is 1. The van der Waals surface area contributed by atoms with E-state index in [1.54, 1.807) is 20.1 Å². The molecule has 2 nitrogen and oxygen atoms in total. The molecule has 0 fully saturated rings. The molecular formula is C13H20FNO. The van der Waals surface area contributed by atoms with Gasteiger partial charge in [-0.1, -0.05) is 19.1 Å². The minimum Gasteiger partial charge on any atom is -0.383 e. The monoisotopic (exact) mass is 225 g/mol. The van der Waals surface area contributed by atoms with Gasteiger partial charge in [0.1, 0.15) is 5.82 Å². The van der Waals surface area contributed by atoms with Crippen molar-refractivity contribution in [2.24, 2.45) is 0 Å². The molecular weight excluding hydrogens is 205 g/mol. The minimum absolute atomic E-state index is 0.124. The maximum absolute atomic E-state index is 13.3. The van der Waals surface area contributed by atoms with Gasteiger partial charge in [0.15, 0.2) is 0 Å². The van der Waals surface area contributed by atoms with E-state index in [1.165, 1.54) is 0 Å². The van der Waals surface area contributed by atoms with Gasteiger partial charge in [-0.25, -0.2) is 4.39 Å². The lowest BCUT2D eigenvalue weighted by Gasteiger charge is -2.13. The van der Waals surface area contributed by atoms with Crippen molar-refractivity contribution in [1.82, 2.24) is 5.32 Å². The highest BCUT2D eigenvalue weighted by Crippen LogP contribution is 2.17. The number of halogens is 1. The molecule has 0 bridgehead atoms. The van der Waals surface area contributed by atoms with Crippen molar-refractivity contribution < 1.29 is 9.13 Å². The number of methoxy groups -OCH3 is 1. The maximum Gasteiger partial charge on any atom is 0.126 e. The van der Waals surface area contributed by atoms with Crippen molar-refractivity contribution in [2.75, 3.05) is 26.8 Å². The summed E-state index contributed by atoms with van der Waals surface area (Å²) in [6, 6.07) is 5.44. The van der Waals surface area contributed by atoms with Crippen LogP contribution < -0.4 is 5.32 Å². The van der Waals surface area contributed by atoms with E-state index < -0.39 is 0 Å². The maximum atomic E-state index is 13.3. The first-order valence-electron chi connectivity index (χ1n) is 5.61. The molecule has 0 amide bonds. The Morgan fingerprint density at radius 1 is 1.44 bits per heavy atom. The fraction of sp³-hybridized carbons (Fsp3) is 0.538. The van der Waals surface area contributed by atoms with Crippen LogP contribution in [0.1, 0.15) is 24.0 Å². The summed E-state index contributed by atoms with van der Waals surface area (Å²) >= 11 is 0. The Kier molecular flexibility index (Phi) is 5.43. The van der Waals surface area contributed by atoms with E-state index in [0.717, 1.165) is 18.7 Å². The van der Waals surface area contributed by atoms with Crippen LogP contribution in [0.4, 0.5) is 4.39 Å². The van der Waals surface area contributed by atoms with Gasteiger partial charge in [-0.05, 0) is 30.0 Å². The van der Waals surface area contributed by atoms with Crippen molar-refractivity contribution in [3.8, 4) is 0 Å². The summed E-state index contributed by atoms with van der Waals surface area (Å²) in [5.41, 5.74) is 1.73. The normalized spacial score (nSPS) is 12.8. The molecule has 1 rings (SSSR count). The van der Waals surface area contributed by atoms with E-state index in [1.807, 2.05) is 12.1 Å². The second-order valence-electron chi connectivity index (χ2n) is 4.11. The molecule has 1 atom stereocenters. The third-order valence-electron chi connectivity index (χ3n) is 2.70. The van der Waals surface area contributed by atoms with Crippen molar-refractivity contribution in [1.29, 1.82) is 0 Å². The molecule has 0 radical (unpaired) electrons. The van der Waals surface area contributed by atoms with E-state index in [-0.39, 0.29) is 5.82 Å². The Hall–Kier alpha value is -0.930. The molecule has 0 aliphatic rings. The lowest BCUT2D eigenvalue weighted by molar-refractivity contribution is 0.199. The first kappa shape index (κ1) is 13.1. The Morgan fingerprint density at radius 3 is 2.81 bits per heavy atom. The van der Waals surface area contributed by atoms with Gasteiger partial charge in [0.05, 0.1) is 6.61 Å². The van der Waals surface area contributed by atoms with Gasteiger partial charge in [0, 0.05) is 20.2 Å². The fourth-order valence-corrected chi connectivity index (χ4v) is 1.53. The third kappa shape index (κ3) is 3.91. The molecule has 0 saturated carbocycles. The van der Waals surface area contributed by atoms with Gasteiger partial charge >= 0.3 is 0 Å². The van der Waals surface area contributed by atoms with E-state index in [2.05, 4.69) is 12.2 Å². The molecule has 0 aliphatic carbocycles. The zero-order valence-electron chi connectivity index (χ0n) is 10.2. The van der Waals surface area contributed by atoms with Crippen LogP contribution in [0.15, 0.2) is 18.2 Å². The number of aryl methyl sites for hydroxylation is 1. The summed E-state index contributed by atoms with van der Waals surface area (Å²) in [5.74, 6) is 0.188. The summed E-state index contributed by atoms with van der Waals surface area (Å²) < 4.78 is 18.3. The smallest absolute Gasteiger partial charge is 0.126 e. The minimum atomic E-state index is -0.124. The molecule has 0 aliphatic heterocycles. The van der Waals surface area contributed by atoms with Crippen LogP contribution in [0.2, 0.25) is 0 Å². The van der Waals surface area contributed by atoms with Gasteiger partial charge in [-0.3, -0.25) is 0 Å². The van der Waals surface area contributed by atoms with Crippen molar-refractivity contribution in [3.05, 3.63) is 35.1 Å². The van der Waals surface area contributed by atoms with Crippen LogP contribution in [0.5, 0.6) is 0 Å². The number of benzene rings is 1. The average molecular weight is 225 g/mol. The number of hydrogen-bond acceptors (Lipinski definition) is 2. The van der Waals surface area contributed by atoms with Crippen molar-refractivity contribution in [3.63, 3.8) is 0 Å². The third-order valence-corrected chi connectivity index (χ3v) is 2.70. The van der Waals surface area contributed by atoms with Crippen LogP contribution in [-0.4, -0.2) is 26.8 Å². The molecule has 1 aromatic carbocycles. The van der Waals surface area contributed by atoms with Crippen LogP contribution in [0, 0.1) is 12.7 Å². The predicted octanol–water partition coefficient (Wildman–Crippen LogP) is 2.47. The highest BCUT2D eigenvalue weighted by molar-refractivity contribution is 5.25. The second kappa shape index (κ2) is 6.61. The van der Waals surface area contributed by atoms with E-state index >= 15 is 0 Å². The largest absolute Gasteiger partial charge is 0.383 e. The summed E-state index contributed by atoms with van der Waals surface area (Å²) in [6.45, 7) is 6.24. The fourth-order valence-electron chi connectivity index (χ4n) is 1.53. The van der Waals surface area contributed by atoms with E-state index in [9.17, 15) is 4.39 Å². The summed E-state index contributed by atoms with van der Waals surface area (Å²) in [7, 11) is 1.68. The number of rotatable bonds is 6. The van der Waals surface area contributed by atoms with E-state index in [4.69, 9.17) is 4.74 Å². The van der Waals surface area contributed by atoms with Crippen molar-refractivity contribution >= 4 is 0 Å². The number of nitrogens with one attached hydrogen (secondary N) is 1. The molecule has 3 heteroatoms. The Balaban J connectivity index is 2.46. The Morgan fingerprint density at radius 2 is 2.19 bits per heavy atom. The summed E-state index contributed by atoms with van der Waals surface area (Å²) in [4.78, 5) is 0. The molecule has 0 aromatic heterocycles. The SMILES string of the molecule is COCCNCC(C)c1ccc(C)c(F)c1. The zero-order valence-corrected chi connectivity index (χ0v) is 10.2. The van der Waals surface area contributed by atoms with Gasteiger partial charge < -0.3 is 10.1 Å². The first-order valence-corrected chi connectivity index (χ1v) is 5.61. The van der Waals surface area contributed by atoms with Crippen LogP contribution >= 0.6 is 0 Å². The van der Waals surface area contributed by atoms with Gasteiger partial charge in [-0.2, -0.15) is 0 Å². The molecule has 1 unspecified atom stereocenters. The topological polar surface area (TPSA) is 21.3 Å². The van der Waals surface area contributed by atoms with Crippen LogP contribution in [0.3, 0.4) is 0 Å². The Labute approximate surface area is 96.8 Å². The first-order chi connectivity index (χ1) is 7.65. The van der Waals surface area contributed by atoms with Gasteiger partial charge in [0.2, 0.25) is 0 Å². The van der Waals surface area contributed by atoms with Crippen molar-refractivity contribution in [2.45, 2.75) is 19.8 Å². The van der Waals surface area contributed by atoms with Crippen LogP contribution in [-0.2, 0) is 4.74 Å². The lowest BCUT2D eigenvalue weighted by Crippen LogP contribution is -2.24. The molecule has 0 spiro atoms. The highest BCUT2D eigenvalue weighted by atomic mass is 19.1. The molecule has 0 heterocycles. The standard InChI is InChI=1S/C13H20FNO/c1-10-4-5-12(8-13(10)14)11(2)9-15-6-7-16-3/h4-5,8,11,15H,6-7,9H2,1-3H3. The molecule has 1 N–H and O–H groups in total. The van der Waals surface area contributed by atoms with Crippen LogP contribution in [0.25, 0.3) is 0 Å².